The van der Waals surface area contributed by atoms with Gasteiger partial charge in [0.1, 0.15) is 0 Å². The van der Waals surface area contributed by atoms with Crippen LogP contribution in [0.25, 0.3) is 0 Å². The van der Waals surface area contributed by atoms with Crippen LogP contribution >= 0.6 is 28.3 Å². The molecule has 0 nitrogen and oxygen atoms in total. The molecule has 0 rings (SSSR count). The fourth-order valence-electron chi connectivity index (χ4n) is 0. The second kappa shape index (κ2) is 2.78. The zero-order chi connectivity index (χ0) is 3.58. The summed E-state index contributed by atoms with van der Waals surface area (Å²) >= 11 is -1.94. The average molecular weight is 202 g/mol. The molecule has 0 fully saturated rings. The molecule has 0 aromatic rings. The van der Waals surface area contributed by atoms with Crippen LogP contribution in [0, 0.1) is 0 Å². The molecular weight excluding hydrogens is 202 g/mol. The molecule has 0 N–H and O–H groups in total. The molecule has 0 atom stereocenters. The molecule has 0 aliphatic heterocycles. The molecule has 0 heterocycles. The van der Waals surface area contributed by atoms with Gasteiger partial charge < -0.3 is 0 Å². The van der Waals surface area contributed by atoms with Crippen molar-refractivity contribution < 1.29 is 14.2 Å². The Hall–Kier alpha value is 1.56. The maximum absolute atomic E-state index is 4.98. The van der Waals surface area contributed by atoms with Crippen molar-refractivity contribution in [1.29, 1.82) is 0 Å². The van der Waals surface area contributed by atoms with Crippen molar-refractivity contribution in [2.24, 2.45) is 0 Å². The van der Waals surface area contributed by atoms with Gasteiger partial charge in [0.2, 0.25) is 0 Å². The van der Waals surface area contributed by atoms with Crippen LogP contribution in [0.2, 0.25) is 0 Å². The molecule has 0 spiro atoms. The molecule has 0 unspecified atom stereocenters. The third kappa shape index (κ3) is 9.59. The molecule has 0 aliphatic rings. The van der Waals surface area contributed by atoms with Crippen LogP contribution in [0.1, 0.15) is 0 Å². The van der Waals surface area contributed by atoms with Crippen LogP contribution in [0.15, 0.2) is 0 Å². The number of rotatable bonds is 0. The molecular formula is Cl3Mo+2. The Morgan fingerprint density at radius 3 is 1.00 bits per heavy atom. The third-order valence-electron chi connectivity index (χ3n) is 0. The van der Waals surface area contributed by atoms with Gasteiger partial charge in [-0.1, -0.05) is 0 Å². The van der Waals surface area contributed by atoms with Gasteiger partial charge in [-0.25, -0.2) is 0 Å². The number of hydrogen-bond acceptors (Lipinski definition) is 0. The summed E-state index contributed by atoms with van der Waals surface area (Å²) in [5, 5.41) is 0. The van der Waals surface area contributed by atoms with Crippen molar-refractivity contribution in [1.82, 2.24) is 0 Å². The molecule has 4 heteroatoms. The van der Waals surface area contributed by atoms with Crippen LogP contribution < -0.4 is 0 Å². The third-order valence-corrected chi connectivity index (χ3v) is 0. The van der Waals surface area contributed by atoms with Crippen molar-refractivity contribution >= 4 is 28.3 Å². The Kier molecular flexibility index (Phi) is 3.86. The molecule has 0 aliphatic carbocycles. The van der Waals surface area contributed by atoms with Crippen molar-refractivity contribution in [3.05, 3.63) is 0 Å². The van der Waals surface area contributed by atoms with Gasteiger partial charge in [-0.15, -0.1) is 0 Å². The van der Waals surface area contributed by atoms with Gasteiger partial charge in [-0.2, -0.15) is 0 Å². The summed E-state index contributed by atoms with van der Waals surface area (Å²) in [5.74, 6) is 0. The van der Waals surface area contributed by atoms with Gasteiger partial charge in [0, 0.05) is 0 Å². The standard InChI is InChI=1S/3ClH.Mo/h3*1H;/q;;;+5/p-3. The first kappa shape index (κ1) is 5.56. The Morgan fingerprint density at radius 1 is 1.00 bits per heavy atom. The zero-order valence-electron chi connectivity index (χ0n) is 1.54. The summed E-state index contributed by atoms with van der Waals surface area (Å²) in [6.45, 7) is 0. The zero-order valence-corrected chi connectivity index (χ0v) is 5.82. The van der Waals surface area contributed by atoms with Crippen molar-refractivity contribution in [3.8, 4) is 0 Å². The SMILES string of the molecule is [Cl][Mo+2]([Cl])[Cl]. The fourth-order valence-corrected chi connectivity index (χ4v) is 0. The predicted octanol–water partition coefficient (Wildman–Crippen LogP) is 2.07. The van der Waals surface area contributed by atoms with E-state index < -0.39 is 14.2 Å². The minimum atomic E-state index is -1.94. The Balaban J connectivity index is 2.32. The van der Waals surface area contributed by atoms with Crippen LogP contribution in [-0.4, -0.2) is 0 Å². The summed E-state index contributed by atoms with van der Waals surface area (Å²) in [4.78, 5) is 0. The Bertz CT molecular complexity index is 8.00. The summed E-state index contributed by atoms with van der Waals surface area (Å²) in [5.41, 5.74) is 0. The summed E-state index contributed by atoms with van der Waals surface area (Å²) in [6, 6.07) is 0. The molecule has 0 amide bonds. The number of hydrogen-bond donors (Lipinski definition) is 0. The molecule has 0 aromatic carbocycles. The number of halogens is 3. The normalized spacial score (nSPS) is 6.75. The molecule has 0 saturated carbocycles. The van der Waals surface area contributed by atoms with Gasteiger partial charge in [0.15, 0.2) is 0 Å². The second-order valence-electron chi connectivity index (χ2n) is 0.175. The molecule has 0 radical (unpaired) electrons. The second-order valence-corrected chi connectivity index (χ2v) is 9.32. The van der Waals surface area contributed by atoms with E-state index in [1.807, 2.05) is 0 Å². The van der Waals surface area contributed by atoms with Crippen molar-refractivity contribution in [3.63, 3.8) is 0 Å². The van der Waals surface area contributed by atoms with Gasteiger partial charge in [-0.3, -0.25) is 0 Å². The first-order valence-electron chi connectivity index (χ1n) is 0.463. The van der Waals surface area contributed by atoms with Gasteiger partial charge >= 0.3 is 42.4 Å². The van der Waals surface area contributed by atoms with Crippen LogP contribution in [0.3, 0.4) is 0 Å². The Labute approximate surface area is 42.4 Å². The molecule has 0 saturated heterocycles. The molecule has 4 heavy (non-hydrogen) atoms. The quantitative estimate of drug-likeness (QED) is 0.527. The maximum atomic E-state index is 4.98. The van der Waals surface area contributed by atoms with E-state index in [1.165, 1.54) is 0 Å². The summed E-state index contributed by atoms with van der Waals surface area (Å²) in [6.07, 6.45) is 0. The first-order valence-corrected chi connectivity index (χ1v) is 8.22. The Morgan fingerprint density at radius 2 is 1.00 bits per heavy atom. The fraction of sp³-hybridized carbons (Fsp3) is 0. The monoisotopic (exact) mass is 203 g/mol. The van der Waals surface area contributed by atoms with E-state index in [0.717, 1.165) is 0 Å². The van der Waals surface area contributed by atoms with Crippen molar-refractivity contribution in [2.75, 3.05) is 0 Å². The summed E-state index contributed by atoms with van der Waals surface area (Å²) in [7, 11) is 14.9. The van der Waals surface area contributed by atoms with Crippen LogP contribution in [0.4, 0.5) is 0 Å². The van der Waals surface area contributed by atoms with Gasteiger partial charge in [0.05, 0.1) is 0 Å². The first-order chi connectivity index (χ1) is 1.73. The topological polar surface area (TPSA) is 0 Å². The van der Waals surface area contributed by atoms with E-state index in [4.69, 9.17) is 28.3 Å². The van der Waals surface area contributed by atoms with Crippen LogP contribution in [-0.2, 0) is 14.2 Å². The molecule has 0 aromatic heterocycles. The average Bonchev–Trinajstić information content (AvgIpc) is 0.811. The predicted molar refractivity (Wildman–Crippen MR) is 17.6 cm³/mol. The van der Waals surface area contributed by atoms with E-state index in [0.29, 0.717) is 0 Å². The van der Waals surface area contributed by atoms with E-state index in [-0.39, 0.29) is 0 Å². The molecule has 0 bridgehead atoms. The van der Waals surface area contributed by atoms with Gasteiger partial charge in [-0.05, 0) is 0 Å². The van der Waals surface area contributed by atoms with E-state index in [9.17, 15) is 0 Å². The van der Waals surface area contributed by atoms with E-state index >= 15 is 0 Å². The van der Waals surface area contributed by atoms with E-state index in [2.05, 4.69) is 0 Å². The molecule has 25 valence electrons. The van der Waals surface area contributed by atoms with E-state index in [1.54, 1.807) is 0 Å². The summed E-state index contributed by atoms with van der Waals surface area (Å²) < 4.78 is 0. The van der Waals surface area contributed by atoms with Crippen molar-refractivity contribution in [2.45, 2.75) is 0 Å². The minimum absolute atomic E-state index is 1.94. The van der Waals surface area contributed by atoms with Gasteiger partial charge in [0.25, 0.3) is 0 Å². The van der Waals surface area contributed by atoms with Crippen LogP contribution in [0.5, 0.6) is 0 Å².